The van der Waals surface area contributed by atoms with Gasteiger partial charge in [-0.15, -0.1) is 0 Å². The number of hydrogen-bond donors (Lipinski definition) is 1. The molecule has 2 aromatic rings. The summed E-state index contributed by atoms with van der Waals surface area (Å²) in [6.45, 7) is 2.65. The fraction of sp³-hybridized carbons (Fsp3) is 0.368. The van der Waals surface area contributed by atoms with E-state index >= 15 is 0 Å². The van der Waals surface area contributed by atoms with Gasteiger partial charge in [-0.2, -0.15) is 0 Å². The van der Waals surface area contributed by atoms with Crippen molar-refractivity contribution in [3.05, 3.63) is 69.8 Å². The predicted molar refractivity (Wildman–Crippen MR) is 105 cm³/mol. The van der Waals surface area contributed by atoms with Crippen LogP contribution < -0.4 is 5.32 Å². The number of nitrogens with one attached hydrogen (secondary N) is 1. The molecule has 3 rings (SSSR count). The molecule has 1 fully saturated rings. The van der Waals surface area contributed by atoms with E-state index in [1.54, 1.807) is 23.4 Å². The topological polar surface area (TPSA) is 92.6 Å². The van der Waals surface area contributed by atoms with Crippen LogP contribution in [-0.2, 0) is 15.8 Å². The van der Waals surface area contributed by atoms with E-state index in [9.17, 15) is 18.5 Å². The molecule has 0 radical (unpaired) electrons. The van der Waals surface area contributed by atoms with Gasteiger partial charge in [-0.25, -0.2) is 12.7 Å². The van der Waals surface area contributed by atoms with Gasteiger partial charge in [0, 0.05) is 36.4 Å². The van der Waals surface area contributed by atoms with E-state index in [0.29, 0.717) is 31.5 Å². The number of anilines is 1. The molecule has 0 atom stereocenters. The summed E-state index contributed by atoms with van der Waals surface area (Å²) in [7, 11) is -3.32. The van der Waals surface area contributed by atoms with Gasteiger partial charge in [-0.1, -0.05) is 30.3 Å². The maximum Gasteiger partial charge on any atom is 0.272 e. The van der Waals surface area contributed by atoms with E-state index in [2.05, 4.69) is 5.32 Å². The van der Waals surface area contributed by atoms with Crippen LogP contribution >= 0.6 is 0 Å². The molecule has 0 unspecified atom stereocenters. The van der Waals surface area contributed by atoms with Crippen molar-refractivity contribution in [2.75, 3.05) is 18.4 Å². The third kappa shape index (κ3) is 4.84. The summed E-state index contributed by atoms with van der Waals surface area (Å²) >= 11 is 0. The highest BCUT2D eigenvalue weighted by atomic mass is 32.2. The number of aryl methyl sites for hydroxylation is 1. The molecule has 1 aliphatic rings. The van der Waals surface area contributed by atoms with Crippen LogP contribution in [0.2, 0.25) is 0 Å². The average molecular weight is 389 g/mol. The first kappa shape index (κ1) is 19.3. The first-order valence-corrected chi connectivity index (χ1v) is 10.5. The number of nitro groups is 1. The molecule has 144 valence electrons. The lowest BCUT2D eigenvalue weighted by atomic mass is 10.1. The van der Waals surface area contributed by atoms with Gasteiger partial charge in [0.05, 0.1) is 10.7 Å². The van der Waals surface area contributed by atoms with Crippen molar-refractivity contribution in [2.24, 2.45) is 0 Å². The van der Waals surface area contributed by atoms with Crippen molar-refractivity contribution in [1.82, 2.24) is 4.31 Å². The number of nitrogens with zero attached hydrogens (tertiary/aromatic N) is 2. The Morgan fingerprint density at radius 3 is 2.41 bits per heavy atom. The maximum atomic E-state index is 12.6. The molecule has 27 heavy (non-hydrogen) atoms. The molecule has 0 aromatic heterocycles. The summed E-state index contributed by atoms with van der Waals surface area (Å²) in [6, 6.07) is 14.3. The Morgan fingerprint density at radius 2 is 1.81 bits per heavy atom. The summed E-state index contributed by atoms with van der Waals surface area (Å²) in [6.07, 6.45) is 1.40. The molecule has 8 heteroatoms. The highest BCUT2D eigenvalue weighted by Gasteiger charge is 2.28. The second-order valence-corrected chi connectivity index (χ2v) is 8.79. The molecule has 0 saturated carbocycles. The van der Waals surface area contributed by atoms with E-state index < -0.39 is 14.9 Å². The Morgan fingerprint density at radius 1 is 1.15 bits per heavy atom. The fourth-order valence-corrected chi connectivity index (χ4v) is 4.90. The van der Waals surface area contributed by atoms with Crippen LogP contribution in [-0.4, -0.2) is 36.8 Å². The second kappa shape index (κ2) is 8.06. The monoisotopic (exact) mass is 389 g/mol. The third-order valence-corrected chi connectivity index (χ3v) is 6.65. The van der Waals surface area contributed by atoms with Crippen molar-refractivity contribution in [3.8, 4) is 0 Å². The minimum atomic E-state index is -3.32. The maximum absolute atomic E-state index is 12.6. The molecule has 0 aliphatic carbocycles. The van der Waals surface area contributed by atoms with Gasteiger partial charge < -0.3 is 5.32 Å². The van der Waals surface area contributed by atoms with Crippen molar-refractivity contribution >= 4 is 21.4 Å². The van der Waals surface area contributed by atoms with Crippen LogP contribution in [0.3, 0.4) is 0 Å². The van der Waals surface area contributed by atoms with E-state index in [1.165, 1.54) is 6.07 Å². The Balaban J connectivity index is 1.57. The van der Waals surface area contributed by atoms with Gasteiger partial charge in [-0.05, 0) is 37.5 Å². The first-order valence-electron chi connectivity index (χ1n) is 8.88. The molecule has 0 bridgehead atoms. The average Bonchev–Trinajstić information content (AvgIpc) is 2.62. The Bertz CT molecular complexity index is 908. The zero-order valence-electron chi connectivity index (χ0n) is 15.2. The number of benzene rings is 2. The highest BCUT2D eigenvalue weighted by molar-refractivity contribution is 7.88. The van der Waals surface area contributed by atoms with Crippen molar-refractivity contribution in [3.63, 3.8) is 0 Å². The van der Waals surface area contributed by atoms with Crippen LogP contribution in [0, 0.1) is 17.0 Å². The van der Waals surface area contributed by atoms with Gasteiger partial charge >= 0.3 is 0 Å². The summed E-state index contributed by atoms with van der Waals surface area (Å²) in [5.74, 6) is 0.0213. The zero-order valence-corrected chi connectivity index (χ0v) is 16.0. The number of sulfonamides is 1. The number of nitro benzene ring substituents is 1. The predicted octanol–water partition coefficient (Wildman–Crippen LogP) is 3.31. The van der Waals surface area contributed by atoms with Crippen LogP contribution in [0.1, 0.15) is 24.0 Å². The molecule has 0 spiro atoms. The lowest BCUT2D eigenvalue weighted by Gasteiger charge is -2.32. The van der Waals surface area contributed by atoms with Crippen LogP contribution in [0.25, 0.3) is 0 Å². The van der Waals surface area contributed by atoms with E-state index in [0.717, 1.165) is 11.3 Å². The third-order valence-electron chi connectivity index (χ3n) is 4.80. The van der Waals surface area contributed by atoms with Gasteiger partial charge in [0.1, 0.15) is 0 Å². The zero-order chi connectivity index (χ0) is 19.4. The molecular weight excluding hydrogens is 366 g/mol. The van der Waals surface area contributed by atoms with Crippen molar-refractivity contribution in [1.29, 1.82) is 0 Å². The minimum absolute atomic E-state index is 0.0213. The summed E-state index contributed by atoms with van der Waals surface area (Å²) in [5, 5.41) is 14.3. The smallest absolute Gasteiger partial charge is 0.272 e. The normalized spacial score (nSPS) is 16.2. The van der Waals surface area contributed by atoms with Crippen molar-refractivity contribution < 1.29 is 13.3 Å². The largest absolute Gasteiger partial charge is 0.382 e. The lowest BCUT2D eigenvalue weighted by Crippen LogP contribution is -2.42. The van der Waals surface area contributed by atoms with Crippen LogP contribution in [0.4, 0.5) is 11.4 Å². The molecule has 2 aromatic carbocycles. The van der Waals surface area contributed by atoms with Crippen LogP contribution in [0.5, 0.6) is 0 Å². The van der Waals surface area contributed by atoms with Crippen molar-refractivity contribution in [2.45, 2.75) is 31.6 Å². The summed E-state index contributed by atoms with van der Waals surface area (Å²) < 4.78 is 26.8. The standard InChI is InChI=1S/C19H23N3O4S/c1-15-13-18(7-8-19(15)22(23)24)20-17-9-11-21(12-10-17)27(25,26)14-16-5-3-2-4-6-16/h2-8,13,17,20H,9-12,14H2,1H3. The Kier molecular flexibility index (Phi) is 5.76. The summed E-state index contributed by atoms with van der Waals surface area (Å²) in [4.78, 5) is 10.5. The molecular formula is C19H23N3O4S. The molecule has 1 N–H and O–H groups in total. The van der Waals surface area contributed by atoms with Gasteiger partial charge in [0.15, 0.2) is 0 Å². The Labute approximate surface area is 159 Å². The molecule has 7 nitrogen and oxygen atoms in total. The fourth-order valence-electron chi connectivity index (χ4n) is 3.34. The van der Waals surface area contributed by atoms with Crippen LogP contribution in [0.15, 0.2) is 48.5 Å². The quantitative estimate of drug-likeness (QED) is 0.604. The van der Waals surface area contributed by atoms with Gasteiger partial charge in [0.25, 0.3) is 5.69 Å². The van der Waals surface area contributed by atoms with E-state index in [4.69, 9.17) is 0 Å². The first-order chi connectivity index (χ1) is 12.8. The highest BCUT2D eigenvalue weighted by Crippen LogP contribution is 2.24. The van der Waals surface area contributed by atoms with Gasteiger partial charge in [0.2, 0.25) is 10.0 Å². The number of rotatable bonds is 6. The summed E-state index contributed by atoms with van der Waals surface area (Å²) in [5.41, 5.74) is 2.32. The molecule has 1 aliphatic heterocycles. The molecule has 1 saturated heterocycles. The van der Waals surface area contributed by atoms with Gasteiger partial charge in [-0.3, -0.25) is 10.1 Å². The number of piperidine rings is 1. The lowest BCUT2D eigenvalue weighted by molar-refractivity contribution is -0.385. The number of hydrogen-bond acceptors (Lipinski definition) is 5. The van der Waals surface area contributed by atoms with E-state index in [1.807, 2.05) is 30.3 Å². The minimum Gasteiger partial charge on any atom is -0.382 e. The Hall–Kier alpha value is -2.45. The SMILES string of the molecule is Cc1cc(NC2CCN(S(=O)(=O)Cc3ccccc3)CC2)ccc1[N+](=O)[O-]. The van der Waals surface area contributed by atoms with E-state index in [-0.39, 0.29) is 17.5 Å². The second-order valence-electron chi connectivity index (χ2n) is 6.82. The molecule has 0 amide bonds. The molecule has 1 heterocycles.